The summed E-state index contributed by atoms with van der Waals surface area (Å²) in [4.78, 5) is 12.2. The minimum absolute atomic E-state index is 0.0338. The lowest BCUT2D eigenvalue weighted by Gasteiger charge is -2.18. The number of halogens is 5. The number of hydrogen-bond acceptors (Lipinski definition) is 4. The normalized spacial score (nSPS) is 12.9. The van der Waals surface area contributed by atoms with E-state index in [2.05, 4.69) is 9.84 Å². The highest BCUT2D eigenvalue weighted by molar-refractivity contribution is 5.91. The Kier molecular flexibility index (Phi) is 7.44. The molecule has 0 saturated carbocycles. The zero-order chi connectivity index (χ0) is 22.6. The van der Waals surface area contributed by atoms with E-state index in [1.807, 2.05) is 0 Å². The smallest absolute Gasteiger partial charge is 0.391 e. The average molecular weight is 434 g/mol. The summed E-state index contributed by atoms with van der Waals surface area (Å²) in [5.41, 5.74) is 1.18. The maximum atomic E-state index is 13.0. The van der Waals surface area contributed by atoms with Crippen LogP contribution in [0.1, 0.15) is 42.4 Å². The van der Waals surface area contributed by atoms with Crippen LogP contribution in [0, 0.1) is 12.8 Å². The Hall–Kier alpha value is -2.65. The first kappa shape index (κ1) is 23.6. The second kappa shape index (κ2) is 9.44. The molecule has 1 aromatic heterocycles. The van der Waals surface area contributed by atoms with Crippen LogP contribution in [0.25, 0.3) is 11.3 Å². The lowest BCUT2D eigenvalue weighted by atomic mass is 9.97. The van der Waals surface area contributed by atoms with Gasteiger partial charge >= 0.3 is 18.8 Å². The van der Waals surface area contributed by atoms with Crippen molar-refractivity contribution in [2.24, 2.45) is 5.92 Å². The third-order valence-corrected chi connectivity index (χ3v) is 4.58. The first-order chi connectivity index (χ1) is 14.0. The van der Waals surface area contributed by atoms with Crippen molar-refractivity contribution in [3.05, 3.63) is 35.0 Å². The van der Waals surface area contributed by atoms with E-state index < -0.39 is 24.7 Å². The van der Waals surface area contributed by atoms with Gasteiger partial charge in [0.2, 0.25) is 0 Å². The Labute approximate surface area is 170 Å². The molecule has 0 spiro atoms. The molecule has 0 aliphatic carbocycles. The molecule has 0 radical (unpaired) electrons. The van der Waals surface area contributed by atoms with Gasteiger partial charge in [0.25, 0.3) is 0 Å². The zero-order valence-corrected chi connectivity index (χ0v) is 17.0. The van der Waals surface area contributed by atoms with Crippen LogP contribution < -0.4 is 4.74 Å². The quantitative estimate of drug-likeness (QED) is 0.413. The van der Waals surface area contributed by atoms with E-state index in [-0.39, 0.29) is 35.6 Å². The molecule has 0 saturated heterocycles. The number of carbonyl (C=O) groups excluding carboxylic acids is 1. The van der Waals surface area contributed by atoms with Gasteiger partial charge in [-0.15, -0.1) is 0 Å². The van der Waals surface area contributed by atoms with E-state index in [0.717, 1.165) is 6.92 Å². The second-order valence-electron chi connectivity index (χ2n) is 6.71. The molecule has 2 rings (SSSR count). The molecule has 0 aliphatic rings. The highest BCUT2D eigenvalue weighted by Gasteiger charge is 2.36. The SMILES string of the molecule is CCOC(=O)c1nn(CC)c(-c2ccc(CC(C)C(F)(F)F)cc2OC(F)F)c1C. The largest absolute Gasteiger partial charge is 0.461 e. The molecule has 0 fully saturated rings. The standard InChI is InChI=1S/C20H23F5N2O3/c1-5-27-17(12(4)16(26-27)18(28)29-6-2)14-8-7-13(9-11(3)20(23,24)25)10-15(14)30-19(21)22/h7-8,10-11,19H,5-6,9H2,1-4H3. The maximum absolute atomic E-state index is 13.0. The topological polar surface area (TPSA) is 53.3 Å². The van der Waals surface area contributed by atoms with Crippen LogP contribution in [-0.4, -0.2) is 35.1 Å². The van der Waals surface area contributed by atoms with Crippen molar-refractivity contribution in [3.63, 3.8) is 0 Å². The van der Waals surface area contributed by atoms with E-state index >= 15 is 0 Å². The van der Waals surface area contributed by atoms with Gasteiger partial charge < -0.3 is 9.47 Å². The van der Waals surface area contributed by atoms with Gasteiger partial charge in [0.15, 0.2) is 5.69 Å². The van der Waals surface area contributed by atoms with Crippen LogP contribution in [0.15, 0.2) is 18.2 Å². The molecular weight excluding hydrogens is 411 g/mol. The summed E-state index contributed by atoms with van der Waals surface area (Å²) in [6.07, 6.45) is -4.79. The summed E-state index contributed by atoms with van der Waals surface area (Å²) in [6, 6.07) is 3.99. The number of ether oxygens (including phenoxy) is 2. The number of carbonyl (C=O) groups is 1. The number of esters is 1. The van der Waals surface area contributed by atoms with Crippen molar-refractivity contribution in [3.8, 4) is 17.0 Å². The monoisotopic (exact) mass is 434 g/mol. The summed E-state index contributed by atoms with van der Waals surface area (Å²) in [5, 5.41) is 4.20. The fourth-order valence-corrected chi connectivity index (χ4v) is 3.07. The molecular formula is C20H23F5N2O3. The fourth-order valence-electron chi connectivity index (χ4n) is 3.07. The van der Waals surface area contributed by atoms with Crippen LogP contribution >= 0.6 is 0 Å². The van der Waals surface area contributed by atoms with E-state index in [1.165, 1.54) is 22.9 Å². The van der Waals surface area contributed by atoms with Gasteiger partial charge in [-0.05, 0) is 44.9 Å². The van der Waals surface area contributed by atoms with E-state index in [1.54, 1.807) is 20.8 Å². The average Bonchev–Trinajstić information content (AvgIpc) is 2.97. The van der Waals surface area contributed by atoms with Crippen molar-refractivity contribution in [1.82, 2.24) is 9.78 Å². The summed E-state index contributed by atoms with van der Waals surface area (Å²) in [5.74, 6) is -2.60. The molecule has 1 atom stereocenters. The van der Waals surface area contributed by atoms with Crippen molar-refractivity contribution in [2.75, 3.05) is 6.61 Å². The van der Waals surface area contributed by atoms with E-state index in [9.17, 15) is 26.7 Å². The lowest BCUT2D eigenvalue weighted by molar-refractivity contribution is -0.169. The number of benzene rings is 1. The number of rotatable bonds is 8. The molecule has 5 nitrogen and oxygen atoms in total. The van der Waals surface area contributed by atoms with E-state index in [0.29, 0.717) is 17.8 Å². The predicted octanol–water partition coefficient (Wildman–Crippen LogP) is 5.40. The zero-order valence-electron chi connectivity index (χ0n) is 17.0. The Bertz CT molecular complexity index is 893. The molecule has 0 bridgehead atoms. The minimum atomic E-state index is -4.41. The van der Waals surface area contributed by atoms with Crippen LogP contribution in [0.5, 0.6) is 5.75 Å². The number of nitrogens with zero attached hydrogens (tertiary/aromatic N) is 2. The van der Waals surface area contributed by atoms with Crippen molar-refractivity contribution in [2.45, 2.75) is 53.4 Å². The predicted molar refractivity (Wildman–Crippen MR) is 99.6 cm³/mol. The van der Waals surface area contributed by atoms with Crippen molar-refractivity contribution in [1.29, 1.82) is 0 Å². The second-order valence-corrected chi connectivity index (χ2v) is 6.71. The molecule has 10 heteroatoms. The molecule has 0 N–H and O–H groups in total. The summed E-state index contributed by atoms with van der Waals surface area (Å²) in [7, 11) is 0. The van der Waals surface area contributed by atoms with Crippen LogP contribution in [-0.2, 0) is 17.7 Å². The Morgan fingerprint density at radius 1 is 1.23 bits per heavy atom. The highest BCUT2D eigenvalue weighted by atomic mass is 19.4. The summed E-state index contributed by atoms with van der Waals surface area (Å²) in [6.45, 7) is 3.27. The highest BCUT2D eigenvalue weighted by Crippen LogP contribution is 2.37. The summed E-state index contributed by atoms with van der Waals surface area (Å²) < 4.78 is 75.7. The lowest BCUT2D eigenvalue weighted by Crippen LogP contribution is -2.21. The third kappa shape index (κ3) is 5.28. The molecule has 166 valence electrons. The van der Waals surface area contributed by atoms with Crippen LogP contribution in [0.3, 0.4) is 0 Å². The van der Waals surface area contributed by atoms with Gasteiger partial charge in [0, 0.05) is 17.7 Å². The van der Waals surface area contributed by atoms with Crippen LogP contribution in [0.4, 0.5) is 22.0 Å². The molecule has 0 amide bonds. The Morgan fingerprint density at radius 3 is 2.43 bits per heavy atom. The maximum Gasteiger partial charge on any atom is 0.391 e. The first-order valence-electron chi connectivity index (χ1n) is 9.38. The Morgan fingerprint density at radius 2 is 1.90 bits per heavy atom. The Balaban J connectivity index is 2.56. The van der Waals surface area contributed by atoms with Gasteiger partial charge in [-0.3, -0.25) is 4.68 Å². The number of aryl methyl sites for hydroxylation is 1. The first-order valence-corrected chi connectivity index (χ1v) is 9.38. The van der Waals surface area contributed by atoms with Crippen molar-refractivity contribution >= 4 is 5.97 Å². The summed E-state index contributed by atoms with van der Waals surface area (Å²) >= 11 is 0. The number of alkyl halides is 5. The number of aromatic nitrogens is 2. The van der Waals surface area contributed by atoms with Crippen LogP contribution in [0.2, 0.25) is 0 Å². The molecule has 1 aromatic carbocycles. The van der Waals surface area contributed by atoms with Crippen molar-refractivity contribution < 1.29 is 36.2 Å². The molecule has 0 aliphatic heterocycles. The van der Waals surface area contributed by atoms with Gasteiger partial charge in [-0.1, -0.05) is 13.0 Å². The number of hydrogen-bond donors (Lipinski definition) is 0. The third-order valence-electron chi connectivity index (χ3n) is 4.58. The minimum Gasteiger partial charge on any atom is -0.461 e. The molecule has 2 aromatic rings. The molecule has 1 heterocycles. The molecule has 1 unspecified atom stereocenters. The van der Waals surface area contributed by atoms with Gasteiger partial charge in [0.1, 0.15) is 5.75 Å². The van der Waals surface area contributed by atoms with Gasteiger partial charge in [0.05, 0.1) is 18.2 Å². The van der Waals surface area contributed by atoms with E-state index in [4.69, 9.17) is 4.74 Å². The van der Waals surface area contributed by atoms with Gasteiger partial charge in [-0.2, -0.15) is 27.1 Å². The van der Waals surface area contributed by atoms with Gasteiger partial charge in [-0.25, -0.2) is 4.79 Å². The molecule has 30 heavy (non-hydrogen) atoms. The fraction of sp³-hybridized carbons (Fsp3) is 0.500.